The molecule has 6 aromatic rings. The Morgan fingerprint density at radius 2 is 0.845 bits per heavy atom. The summed E-state index contributed by atoms with van der Waals surface area (Å²) in [5.74, 6) is -0.322. The minimum absolute atomic E-state index is 0.0157. The molecule has 3 fully saturated rings. The average molecular weight is 1370 g/mol. The van der Waals surface area contributed by atoms with Gasteiger partial charge in [-0.25, -0.2) is 0 Å². The lowest BCUT2D eigenvalue weighted by atomic mass is 10.0. The van der Waals surface area contributed by atoms with Crippen molar-refractivity contribution in [3.8, 4) is 34.5 Å². The number of likely N-dealkylation sites (tertiary alicyclic amines) is 3. The van der Waals surface area contributed by atoms with Gasteiger partial charge in [0.05, 0.1) is 88.4 Å². The first-order chi connectivity index (χ1) is 46.1. The maximum absolute atomic E-state index is 13.6. The lowest BCUT2D eigenvalue weighted by Crippen LogP contribution is -2.47. The van der Waals surface area contributed by atoms with Gasteiger partial charge in [0.1, 0.15) is 47.7 Å². The number of aliphatic hydroxyl groups is 2. The van der Waals surface area contributed by atoms with Crippen molar-refractivity contribution >= 4 is 53.2 Å². The van der Waals surface area contributed by atoms with Crippen LogP contribution in [0.3, 0.4) is 0 Å². The van der Waals surface area contributed by atoms with Gasteiger partial charge in [-0.15, -0.1) is 0 Å². The highest BCUT2D eigenvalue weighted by atomic mass is 28.4. The number of ether oxygens (including phenoxy) is 2. The number of nitrogens with zero attached hydrogens (tertiary/aromatic N) is 6. The first-order valence-electron chi connectivity index (χ1n) is 33.1. The smallest absolute Gasteiger partial charge is 0.256 e. The summed E-state index contributed by atoms with van der Waals surface area (Å²) in [5, 5.41) is 56.8. The Morgan fingerprint density at radius 3 is 1.25 bits per heavy atom. The Kier molecular flexibility index (Phi) is 29.0. The number of amides is 3. The van der Waals surface area contributed by atoms with E-state index in [0.29, 0.717) is 97.7 Å². The van der Waals surface area contributed by atoms with Crippen LogP contribution in [0.1, 0.15) is 179 Å². The standard InChI is InChI=1S/C27H38N2O5Si.C20H22N2O5.C19H32N2O3Si.C7H6O3/c1-27(2,3)35(4,5)34-17-14-23-21(11-9-15-28-23)26(32)29-16-7-6-10-20(29)19-33-25-13-8-12-24(31)22(25)18-30;23-11-16-18(25)7-3-8-19(16)27-13-14-5-1-2-10-22(14)20(26)15-6-4-9-21-17(15)12-24;1-19(2,3)25(4,5)24-14-17-16(10-8-11-20-17)18(23)21-12-7-6-9-15(21)13-22;8-4-5-6(9)2-1-3-7(5)10/h8-9,11-13,15,18,20,31H,6-7,10,14,16-17,19H2,1-5H3;3-4,6-9,11,14,24-25H,1-2,5,10,12-13H2;8,10-11,15,22H,6-7,9,12-14H2,1-5H3;1-4,9-10H/t20-;14-;15-;/m000./s1. The molecule has 97 heavy (non-hydrogen) atoms. The van der Waals surface area contributed by atoms with Crippen LogP contribution in [0, 0.1) is 0 Å². The number of hydrogen-bond donors (Lipinski definition) is 6. The molecule has 6 heterocycles. The van der Waals surface area contributed by atoms with Crippen molar-refractivity contribution in [1.29, 1.82) is 0 Å². The third-order valence-corrected chi connectivity index (χ3v) is 27.7. The zero-order valence-electron chi connectivity index (χ0n) is 57.7. The topological polar surface area (TPSA) is 309 Å². The molecular formula is C73H98N6O16Si2. The number of aromatic hydroxyl groups is 4. The van der Waals surface area contributed by atoms with E-state index in [-0.39, 0.29) is 112 Å². The second-order valence-corrected chi connectivity index (χ2v) is 36.9. The van der Waals surface area contributed by atoms with Crippen molar-refractivity contribution in [1.82, 2.24) is 29.7 Å². The molecule has 0 spiro atoms. The van der Waals surface area contributed by atoms with Gasteiger partial charge in [0.15, 0.2) is 35.5 Å². The monoisotopic (exact) mass is 1370 g/mol. The van der Waals surface area contributed by atoms with Crippen LogP contribution in [0.4, 0.5) is 0 Å². The van der Waals surface area contributed by atoms with E-state index in [4.69, 9.17) is 28.5 Å². The summed E-state index contributed by atoms with van der Waals surface area (Å²) in [4.78, 5) is 90.8. The van der Waals surface area contributed by atoms with Crippen molar-refractivity contribution in [2.24, 2.45) is 0 Å². The number of phenolic OH excluding ortho intramolecular Hbond substituents is 4. The molecule has 3 aliphatic heterocycles. The Balaban J connectivity index is 0.000000217. The lowest BCUT2D eigenvalue weighted by Gasteiger charge is -2.37. The Morgan fingerprint density at radius 1 is 0.485 bits per heavy atom. The second kappa shape index (κ2) is 36.3. The number of pyridine rings is 3. The fraction of sp³-hybridized carbons (Fsp3) is 0.466. The van der Waals surface area contributed by atoms with Gasteiger partial charge in [-0.1, -0.05) is 59.7 Å². The van der Waals surface area contributed by atoms with E-state index in [1.165, 1.54) is 30.3 Å². The number of carbonyl (C=O) groups excluding carboxylic acids is 6. The molecule has 0 aliphatic carbocycles. The third-order valence-electron chi connectivity index (χ3n) is 18.7. The molecule has 0 saturated carbocycles. The van der Waals surface area contributed by atoms with Gasteiger partial charge in [-0.2, -0.15) is 0 Å². The van der Waals surface area contributed by atoms with E-state index in [0.717, 1.165) is 63.5 Å². The Labute approximate surface area is 571 Å². The molecule has 0 bridgehead atoms. The molecule has 524 valence electrons. The van der Waals surface area contributed by atoms with Gasteiger partial charge in [-0.05, 0) is 167 Å². The van der Waals surface area contributed by atoms with Gasteiger partial charge < -0.3 is 63.7 Å². The first kappa shape index (κ1) is 77.6. The molecule has 0 unspecified atom stereocenters. The van der Waals surface area contributed by atoms with Crippen LogP contribution in [0.5, 0.6) is 34.5 Å². The third kappa shape index (κ3) is 21.1. The van der Waals surface area contributed by atoms with Crippen LogP contribution in [0.2, 0.25) is 36.3 Å². The van der Waals surface area contributed by atoms with Crippen LogP contribution in [-0.2, 0) is 28.5 Å². The molecule has 3 aliphatic rings. The van der Waals surface area contributed by atoms with Crippen molar-refractivity contribution in [2.75, 3.05) is 46.1 Å². The fourth-order valence-electron chi connectivity index (χ4n) is 10.8. The molecule has 3 amide bonds. The summed E-state index contributed by atoms with van der Waals surface area (Å²) in [7, 11) is -3.79. The number of rotatable bonds is 21. The summed E-state index contributed by atoms with van der Waals surface area (Å²) in [6.45, 7) is 25.1. The molecular weight excluding hydrogens is 1270 g/mol. The van der Waals surface area contributed by atoms with E-state index in [9.17, 15) is 49.2 Å². The van der Waals surface area contributed by atoms with Crippen LogP contribution < -0.4 is 9.47 Å². The number of benzene rings is 3. The van der Waals surface area contributed by atoms with Crippen LogP contribution in [0.25, 0.3) is 0 Å². The van der Waals surface area contributed by atoms with Crippen molar-refractivity contribution < 1.29 is 77.7 Å². The van der Waals surface area contributed by atoms with E-state index in [1.807, 2.05) is 17.0 Å². The molecule has 6 N–H and O–H groups in total. The molecule has 9 rings (SSSR count). The first-order valence-corrected chi connectivity index (χ1v) is 38.9. The lowest BCUT2D eigenvalue weighted by molar-refractivity contribution is 0.0498. The van der Waals surface area contributed by atoms with E-state index >= 15 is 0 Å². The number of aldehydes is 3. The second-order valence-electron chi connectivity index (χ2n) is 27.2. The highest BCUT2D eigenvalue weighted by Gasteiger charge is 2.39. The minimum Gasteiger partial charge on any atom is -0.507 e. The van der Waals surface area contributed by atoms with Crippen molar-refractivity contribution in [2.45, 2.75) is 173 Å². The highest BCUT2D eigenvalue weighted by molar-refractivity contribution is 6.74. The van der Waals surface area contributed by atoms with E-state index in [1.54, 1.807) is 76.9 Å². The van der Waals surface area contributed by atoms with Gasteiger partial charge in [-0.3, -0.25) is 43.7 Å². The zero-order chi connectivity index (χ0) is 71.1. The van der Waals surface area contributed by atoms with Gasteiger partial charge in [0.25, 0.3) is 17.7 Å². The van der Waals surface area contributed by atoms with Crippen LogP contribution in [-0.4, -0.2) is 178 Å². The molecule has 24 heteroatoms. The molecule has 22 nitrogen and oxygen atoms in total. The van der Waals surface area contributed by atoms with Crippen LogP contribution in [0.15, 0.2) is 110 Å². The molecule has 0 radical (unpaired) electrons. The molecule has 3 aromatic carbocycles. The van der Waals surface area contributed by atoms with Crippen LogP contribution >= 0.6 is 0 Å². The van der Waals surface area contributed by atoms with Crippen molar-refractivity contribution in [3.05, 3.63) is 160 Å². The molecule has 3 aromatic heterocycles. The predicted molar refractivity (Wildman–Crippen MR) is 374 cm³/mol. The number of piperidine rings is 3. The summed E-state index contributed by atoms with van der Waals surface area (Å²) in [6.07, 6.45) is 15.4. The summed E-state index contributed by atoms with van der Waals surface area (Å²) in [5.41, 5.74) is 3.53. The largest absolute Gasteiger partial charge is 0.507 e. The van der Waals surface area contributed by atoms with E-state index < -0.39 is 16.6 Å². The number of carbonyl (C=O) groups is 6. The Hall–Kier alpha value is -8.40. The van der Waals surface area contributed by atoms with Gasteiger partial charge >= 0.3 is 0 Å². The zero-order valence-corrected chi connectivity index (χ0v) is 59.7. The number of aliphatic hydroxyl groups excluding tert-OH is 2. The number of phenols is 4. The normalized spacial score (nSPS) is 16.6. The summed E-state index contributed by atoms with van der Waals surface area (Å²) >= 11 is 0. The van der Waals surface area contributed by atoms with Crippen molar-refractivity contribution in [3.63, 3.8) is 0 Å². The van der Waals surface area contributed by atoms with E-state index in [2.05, 4.69) is 82.7 Å². The number of hydrogen-bond acceptors (Lipinski definition) is 19. The Bertz CT molecular complexity index is 3580. The average Bonchev–Trinajstić information content (AvgIpc) is 0.844. The minimum atomic E-state index is -1.91. The highest BCUT2D eigenvalue weighted by Crippen LogP contribution is 2.39. The van der Waals surface area contributed by atoms with Gasteiger partial charge in [0, 0.05) is 51.3 Å². The maximum Gasteiger partial charge on any atom is 0.256 e. The predicted octanol–water partition coefficient (Wildman–Crippen LogP) is 11.9. The molecule has 3 saturated heterocycles. The number of aromatic nitrogens is 3. The SMILES string of the molecule is CC(C)(C)[Si](C)(C)OCCc1ncccc1C(=O)N1CCCC[C@H]1COc1cccc(O)c1C=O.CC(C)(C)[Si](C)(C)OCc1ncccc1C(=O)N1CCCC[C@H]1CO.O=Cc1c(O)cccc1O.O=Cc1c(O)cccc1OC[C@@H]1CCCCN1C(=O)c1cccnc1CO. The van der Waals surface area contributed by atoms with Gasteiger partial charge in [0.2, 0.25) is 0 Å². The summed E-state index contributed by atoms with van der Waals surface area (Å²) < 4.78 is 24.3. The molecule has 3 atom stereocenters. The quantitative estimate of drug-likeness (QED) is 0.0288. The maximum atomic E-state index is 13.6. The fourth-order valence-corrected chi connectivity index (χ4v) is 12.8. The summed E-state index contributed by atoms with van der Waals surface area (Å²) in [6, 6.07) is 23.7.